The second-order valence-electron chi connectivity index (χ2n) is 5.24. The fourth-order valence-corrected chi connectivity index (χ4v) is 1.56. The third kappa shape index (κ3) is 5.57. The molecule has 0 saturated carbocycles. The maximum atomic E-state index is 5.79. The third-order valence-corrected chi connectivity index (χ3v) is 2.32. The number of guanidine groups is 1. The number of rotatable bonds is 4. The molecule has 18 heavy (non-hydrogen) atoms. The Hall–Kier alpha value is -1.71. The number of nitrogens with one attached hydrogen (secondary N) is 1. The second kappa shape index (κ2) is 6.28. The minimum absolute atomic E-state index is 0.0520. The van der Waals surface area contributed by atoms with Crippen molar-refractivity contribution in [3.8, 4) is 5.75 Å². The first-order valence-electron chi connectivity index (χ1n) is 6.12. The largest absolute Gasteiger partial charge is 0.497 e. The molecule has 0 fully saturated rings. The van der Waals surface area contributed by atoms with Gasteiger partial charge in [0.25, 0.3) is 0 Å². The Morgan fingerprint density at radius 2 is 2.11 bits per heavy atom. The number of nitrogens with zero attached hydrogens (tertiary/aromatic N) is 1. The Labute approximate surface area is 109 Å². The van der Waals surface area contributed by atoms with E-state index in [0.29, 0.717) is 12.5 Å². The van der Waals surface area contributed by atoms with Crippen LogP contribution in [0.15, 0.2) is 29.3 Å². The van der Waals surface area contributed by atoms with Gasteiger partial charge in [0.05, 0.1) is 7.11 Å². The minimum atomic E-state index is -0.0520. The van der Waals surface area contributed by atoms with Gasteiger partial charge >= 0.3 is 0 Å². The molecule has 0 aliphatic carbocycles. The Kier molecular flexibility index (Phi) is 5.01. The molecule has 0 saturated heterocycles. The molecular formula is C14H23N3O. The first-order chi connectivity index (χ1) is 8.40. The molecule has 3 N–H and O–H groups in total. The van der Waals surface area contributed by atoms with E-state index in [1.54, 1.807) is 7.11 Å². The average molecular weight is 249 g/mol. The topological polar surface area (TPSA) is 59.6 Å². The van der Waals surface area contributed by atoms with Gasteiger partial charge in [0.15, 0.2) is 5.96 Å². The second-order valence-corrected chi connectivity index (χ2v) is 5.24. The molecular weight excluding hydrogens is 226 g/mol. The monoisotopic (exact) mass is 249 g/mol. The minimum Gasteiger partial charge on any atom is -0.497 e. The maximum absolute atomic E-state index is 5.79. The number of nitrogens with two attached hydrogens (primary N) is 1. The maximum Gasteiger partial charge on any atom is 0.188 e. The van der Waals surface area contributed by atoms with E-state index in [0.717, 1.165) is 12.2 Å². The molecule has 0 heterocycles. The summed E-state index contributed by atoms with van der Waals surface area (Å²) in [5, 5.41) is 3.13. The number of methoxy groups -OCH3 is 1. The van der Waals surface area contributed by atoms with Crippen molar-refractivity contribution in [3.05, 3.63) is 29.8 Å². The Balaban J connectivity index is 2.47. The fraction of sp³-hybridized carbons (Fsp3) is 0.500. The van der Waals surface area contributed by atoms with E-state index >= 15 is 0 Å². The Morgan fingerprint density at radius 3 is 2.72 bits per heavy atom. The smallest absolute Gasteiger partial charge is 0.188 e. The molecule has 0 bridgehead atoms. The lowest BCUT2D eigenvalue weighted by atomic mass is 10.1. The molecule has 0 aliphatic rings. The van der Waals surface area contributed by atoms with Crippen LogP contribution in [0.4, 0.5) is 0 Å². The van der Waals surface area contributed by atoms with Crippen LogP contribution in [0.3, 0.4) is 0 Å². The number of ether oxygens (including phenoxy) is 1. The molecule has 100 valence electrons. The molecule has 0 aromatic heterocycles. The van der Waals surface area contributed by atoms with E-state index in [-0.39, 0.29) is 5.54 Å². The van der Waals surface area contributed by atoms with Gasteiger partial charge in [-0.1, -0.05) is 12.1 Å². The highest BCUT2D eigenvalue weighted by Crippen LogP contribution is 2.12. The van der Waals surface area contributed by atoms with Crippen LogP contribution in [0.1, 0.15) is 26.3 Å². The fourth-order valence-electron chi connectivity index (χ4n) is 1.56. The van der Waals surface area contributed by atoms with Crippen LogP contribution >= 0.6 is 0 Å². The molecule has 0 unspecified atom stereocenters. The zero-order chi connectivity index (χ0) is 13.6. The summed E-state index contributed by atoms with van der Waals surface area (Å²) in [5.74, 6) is 1.36. The highest BCUT2D eigenvalue weighted by molar-refractivity contribution is 5.78. The van der Waals surface area contributed by atoms with Gasteiger partial charge in [-0.15, -0.1) is 0 Å². The predicted molar refractivity (Wildman–Crippen MR) is 76.1 cm³/mol. The standard InChI is InChI=1S/C14H23N3O/c1-14(2,3)17-13(15)16-9-8-11-6-5-7-12(10-11)18-4/h5-7,10H,8-9H2,1-4H3,(H3,15,16,17). The van der Waals surface area contributed by atoms with Crippen LogP contribution < -0.4 is 15.8 Å². The van der Waals surface area contributed by atoms with Crippen molar-refractivity contribution in [3.63, 3.8) is 0 Å². The SMILES string of the molecule is COc1cccc(CCN=C(N)NC(C)(C)C)c1. The van der Waals surface area contributed by atoms with Gasteiger partial charge < -0.3 is 15.8 Å². The van der Waals surface area contributed by atoms with Gasteiger partial charge in [0, 0.05) is 12.1 Å². The summed E-state index contributed by atoms with van der Waals surface area (Å²) in [7, 11) is 1.67. The summed E-state index contributed by atoms with van der Waals surface area (Å²) < 4.78 is 5.18. The summed E-state index contributed by atoms with van der Waals surface area (Å²) in [6.45, 7) is 6.83. The average Bonchev–Trinajstić information content (AvgIpc) is 2.27. The molecule has 0 atom stereocenters. The summed E-state index contributed by atoms with van der Waals surface area (Å²) in [6.07, 6.45) is 0.851. The van der Waals surface area contributed by atoms with Crippen molar-refractivity contribution >= 4 is 5.96 Å². The van der Waals surface area contributed by atoms with E-state index < -0.39 is 0 Å². The Bertz CT molecular complexity index is 408. The first-order valence-corrected chi connectivity index (χ1v) is 6.12. The van der Waals surface area contributed by atoms with Crippen LogP contribution in [-0.4, -0.2) is 25.2 Å². The van der Waals surface area contributed by atoms with Crippen LogP contribution in [0.25, 0.3) is 0 Å². The molecule has 1 rings (SSSR count). The summed E-state index contributed by atoms with van der Waals surface area (Å²) >= 11 is 0. The quantitative estimate of drug-likeness (QED) is 0.633. The van der Waals surface area contributed by atoms with E-state index in [9.17, 15) is 0 Å². The highest BCUT2D eigenvalue weighted by atomic mass is 16.5. The van der Waals surface area contributed by atoms with Gasteiger partial charge in [-0.25, -0.2) is 0 Å². The molecule has 0 amide bonds. The van der Waals surface area contributed by atoms with Crippen molar-refractivity contribution in [2.24, 2.45) is 10.7 Å². The molecule has 0 spiro atoms. The Morgan fingerprint density at radius 1 is 1.39 bits per heavy atom. The van der Waals surface area contributed by atoms with Crippen molar-refractivity contribution in [1.29, 1.82) is 0 Å². The van der Waals surface area contributed by atoms with E-state index in [1.165, 1.54) is 5.56 Å². The lowest BCUT2D eigenvalue weighted by Gasteiger charge is -2.20. The normalized spacial score (nSPS) is 12.3. The highest BCUT2D eigenvalue weighted by Gasteiger charge is 2.09. The molecule has 1 aromatic rings. The van der Waals surface area contributed by atoms with E-state index in [4.69, 9.17) is 10.5 Å². The summed E-state index contributed by atoms with van der Waals surface area (Å²) in [5.41, 5.74) is 6.94. The van der Waals surface area contributed by atoms with Crippen LogP contribution in [0, 0.1) is 0 Å². The summed E-state index contributed by atoms with van der Waals surface area (Å²) in [4.78, 5) is 4.30. The van der Waals surface area contributed by atoms with Crippen molar-refractivity contribution < 1.29 is 4.74 Å². The number of aliphatic imine (C=N–C) groups is 1. The van der Waals surface area contributed by atoms with Gasteiger partial charge in [0.1, 0.15) is 5.75 Å². The van der Waals surface area contributed by atoms with Crippen LogP contribution in [-0.2, 0) is 6.42 Å². The van der Waals surface area contributed by atoms with Gasteiger partial charge in [0.2, 0.25) is 0 Å². The first kappa shape index (κ1) is 14.4. The molecule has 0 radical (unpaired) electrons. The van der Waals surface area contributed by atoms with Gasteiger partial charge in [-0.05, 0) is 44.9 Å². The predicted octanol–water partition coefficient (Wildman–Crippen LogP) is 1.94. The molecule has 4 nitrogen and oxygen atoms in total. The molecule has 0 aliphatic heterocycles. The van der Waals surface area contributed by atoms with Gasteiger partial charge in [-0.2, -0.15) is 0 Å². The van der Waals surface area contributed by atoms with Crippen molar-refractivity contribution in [2.75, 3.05) is 13.7 Å². The summed E-state index contributed by atoms with van der Waals surface area (Å²) in [6, 6.07) is 7.99. The lowest BCUT2D eigenvalue weighted by molar-refractivity contribution is 0.414. The zero-order valence-corrected chi connectivity index (χ0v) is 11.7. The van der Waals surface area contributed by atoms with E-state index in [2.05, 4.69) is 37.1 Å². The van der Waals surface area contributed by atoms with Crippen LogP contribution in [0.2, 0.25) is 0 Å². The zero-order valence-electron chi connectivity index (χ0n) is 11.7. The van der Waals surface area contributed by atoms with Crippen molar-refractivity contribution in [1.82, 2.24) is 5.32 Å². The van der Waals surface area contributed by atoms with Crippen molar-refractivity contribution in [2.45, 2.75) is 32.7 Å². The van der Waals surface area contributed by atoms with Crippen LogP contribution in [0.5, 0.6) is 5.75 Å². The number of hydrogen-bond acceptors (Lipinski definition) is 2. The molecule has 4 heteroatoms. The lowest BCUT2D eigenvalue weighted by Crippen LogP contribution is -2.45. The number of benzene rings is 1. The third-order valence-electron chi connectivity index (χ3n) is 2.32. The van der Waals surface area contributed by atoms with E-state index in [1.807, 2.05) is 18.2 Å². The van der Waals surface area contributed by atoms with Gasteiger partial charge in [-0.3, -0.25) is 4.99 Å². The molecule has 1 aromatic carbocycles. The number of hydrogen-bond donors (Lipinski definition) is 2.